The van der Waals surface area contributed by atoms with Crippen molar-refractivity contribution in [2.24, 2.45) is 0 Å². The lowest BCUT2D eigenvalue weighted by Gasteiger charge is -2.36. The van der Waals surface area contributed by atoms with Gasteiger partial charge in [-0.1, -0.05) is 66.8 Å². The predicted molar refractivity (Wildman–Crippen MR) is 110 cm³/mol. The first-order valence-corrected chi connectivity index (χ1v) is 9.55. The van der Waals surface area contributed by atoms with Gasteiger partial charge < -0.3 is 4.74 Å². The van der Waals surface area contributed by atoms with Gasteiger partial charge in [-0.25, -0.2) is 0 Å². The quantitative estimate of drug-likeness (QED) is 0.691. The molecule has 3 rings (SSSR count). The second-order valence-electron chi connectivity index (χ2n) is 7.46. The number of fused-ring (bicyclic) bond motifs is 1. The Kier molecular flexibility index (Phi) is 6.14. The third kappa shape index (κ3) is 4.55. The zero-order valence-electron chi connectivity index (χ0n) is 16.2. The first-order valence-electron chi connectivity index (χ1n) is 9.55. The average molecular weight is 348 g/mol. The maximum atomic E-state index is 5.33. The summed E-state index contributed by atoms with van der Waals surface area (Å²) < 4.78 is 5.33. The SMILES string of the molecule is COC(C)(C)C#C/C=C\CN1CCCCC1c1cccc2ccccc12. The summed E-state index contributed by atoms with van der Waals surface area (Å²) in [5.41, 5.74) is 1.07. The van der Waals surface area contributed by atoms with Crippen molar-refractivity contribution in [3.63, 3.8) is 0 Å². The van der Waals surface area contributed by atoms with Gasteiger partial charge >= 0.3 is 0 Å². The monoisotopic (exact) mass is 347 g/mol. The van der Waals surface area contributed by atoms with Crippen LogP contribution in [0.5, 0.6) is 0 Å². The average Bonchev–Trinajstić information content (AvgIpc) is 2.67. The van der Waals surface area contributed by atoms with E-state index in [-0.39, 0.29) is 5.60 Å². The van der Waals surface area contributed by atoms with E-state index in [9.17, 15) is 0 Å². The van der Waals surface area contributed by atoms with Gasteiger partial charge in [0.2, 0.25) is 0 Å². The second-order valence-corrected chi connectivity index (χ2v) is 7.46. The van der Waals surface area contributed by atoms with E-state index in [4.69, 9.17) is 4.74 Å². The molecule has 2 heteroatoms. The molecule has 1 aliphatic heterocycles. The van der Waals surface area contributed by atoms with Gasteiger partial charge in [0.05, 0.1) is 0 Å². The van der Waals surface area contributed by atoms with Crippen molar-refractivity contribution in [1.82, 2.24) is 4.90 Å². The molecule has 0 bridgehead atoms. The number of ether oxygens (including phenoxy) is 1. The molecular formula is C24H29NO. The predicted octanol–water partition coefficient (Wildman–Crippen LogP) is 5.35. The molecule has 1 aliphatic rings. The van der Waals surface area contributed by atoms with E-state index in [0.717, 1.165) is 13.1 Å². The highest BCUT2D eigenvalue weighted by Crippen LogP contribution is 2.34. The highest BCUT2D eigenvalue weighted by atomic mass is 16.5. The third-order valence-corrected chi connectivity index (χ3v) is 5.22. The molecule has 2 nitrogen and oxygen atoms in total. The number of hydrogen-bond acceptors (Lipinski definition) is 2. The fourth-order valence-corrected chi connectivity index (χ4v) is 3.62. The van der Waals surface area contributed by atoms with Crippen LogP contribution in [0.25, 0.3) is 10.8 Å². The molecule has 0 radical (unpaired) electrons. The number of methoxy groups -OCH3 is 1. The Hall–Kier alpha value is -2.08. The summed E-state index contributed by atoms with van der Waals surface area (Å²) in [5.74, 6) is 6.25. The van der Waals surface area contributed by atoms with Crippen molar-refractivity contribution in [3.8, 4) is 11.8 Å². The maximum Gasteiger partial charge on any atom is 0.123 e. The molecule has 0 amide bonds. The van der Waals surface area contributed by atoms with Crippen LogP contribution in [-0.4, -0.2) is 30.7 Å². The Bertz CT molecular complexity index is 819. The summed E-state index contributed by atoms with van der Waals surface area (Å²) >= 11 is 0. The standard InChI is InChI=1S/C24H29NO/c1-24(2,26-3)17-8-4-9-18-25-19-10-7-16-23(25)22-15-11-13-20-12-5-6-14-21(20)22/h4-6,9,11-15,23H,7,10,16,18-19H2,1-3H3/b9-4-. The Morgan fingerprint density at radius 3 is 2.81 bits per heavy atom. The highest BCUT2D eigenvalue weighted by molar-refractivity contribution is 5.86. The van der Waals surface area contributed by atoms with Crippen molar-refractivity contribution < 1.29 is 4.74 Å². The van der Waals surface area contributed by atoms with Gasteiger partial charge in [0.25, 0.3) is 0 Å². The number of rotatable bonds is 4. The molecule has 0 aromatic heterocycles. The molecule has 136 valence electrons. The first-order chi connectivity index (χ1) is 12.6. The molecule has 0 saturated carbocycles. The van der Waals surface area contributed by atoms with Gasteiger partial charge in [0.1, 0.15) is 5.60 Å². The van der Waals surface area contributed by atoms with Crippen LogP contribution in [0.4, 0.5) is 0 Å². The molecule has 2 aromatic rings. The Labute approximate surface area is 157 Å². The second kappa shape index (κ2) is 8.54. The normalized spacial score (nSPS) is 18.8. The van der Waals surface area contributed by atoms with E-state index >= 15 is 0 Å². The van der Waals surface area contributed by atoms with Crippen molar-refractivity contribution in [2.75, 3.05) is 20.2 Å². The molecular weight excluding hydrogens is 318 g/mol. The van der Waals surface area contributed by atoms with Gasteiger partial charge in [-0.2, -0.15) is 0 Å². The van der Waals surface area contributed by atoms with Gasteiger partial charge in [0, 0.05) is 19.7 Å². The molecule has 1 heterocycles. The van der Waals surface area contributed by atoms with Crippen molar-refractivity contribution in [2.45, 2.75) is 44.8 Å². The zero-order valence-corrected chi connectivity index (χ0v) is 16.2. The minimum absolute atomic E-state index is 0.388. The van der Waals surface area contributed by atoms with Crippen LogP contribution >= 0.6 is 0 Å². The number of allylic oxidation sites excluding steroid dienone is 1. The third-order valence-electron chi connectivity index (χ3n) is 5.22. The molecule has 0 N–H and O–H groups in total. The summed E-state index contributed by atoms with van der Waals surface area (Å²) in [7, 11) is 1.70. The lowest BCUT2D eigenvalue weighted by molar-refractivity contribution is 0.0742. The van der Waals surface area contributed by atoms with Crippen LogP contribution in [0.15, 0.2) is 54.6 Å². The highest BCUT2D eigenvalue weighted by Gasteiger charge is 2.24. The largest absolute Gasteiger partial charge is 0.366 e. The van der Waals surface area contributed by atoms with Gasteiger partial charge in [-0.3, -0.25) is 4.90 Å². The maximum absolute atomic E-state index is 5.33. The molecule has 1 saturated heterocycles. The number of benzene rings is 2. The van der Waals surface area contributed by atoms with Crippen LogP contribution in [-0.2, 0) is 4.74 Å². The molecule has 1 atom stereocenters. The van der Waals surface area contributed by atoms with E-state index in [1.807, 2.05) is 19.9 Å². The van der Waals surface area contributed by atoms with Crippen molar-refractivity contribution in [1.29, 1.82) is 0 Å². The van der Waals surface area contributed by atoms with Crippen LogP contribution < -0.4 is 0 Å². The molecule has 2 aromatic carbocycles. The number of nitrogens with zero attached hydrogens (tertiary/aromatic N) is 1. The van der Waals surface area contributed by atoms with E-state index in [1.165, 1.54) is 35.6 Å². The summed E-state index contributed by atoms with van der Waals surface area (Å²) in [4.78, 5) is 2.59. The number of hydrogen-bond donors (Lipinski definition) is 0. The van der Waals surface area contributed by atoms with Gasteiger partial charge in [0.15, 0.2) is 0 Å². The molecule has 1 unspecified atom stereocenters. The van der Waals surface area contributed by atoms with Gasteiger partial charge in [-0.15, -0.1) is 0 Å². The molecule has 0 spiro atoms. The fourth-order valence-electron chi connectivity index (χ4n) is 3.62. The fraction of sp³-hybridized carbons (Fsp3) is 0.417. The van der Waals surface area contributed by atoms with E-state index in [2.05, 4.69) is 65.3 Å². The first kappa shape index (κ1) is 18.7. The van der Waals surface area contributed by atoms with Crippen molar-refractivity contribution >= 4 is 10.8 Å². The zero-order chi connectivity index (χ0) is 18.4. The Morgan fingerprint density at radius 1 is 1.15 bits per heavy atom. The topological polar surface area (TPSA) is 12.5 Å². The summed E-state index contributed by atoms with van der Waals surface area (Å²) in [6.07, 6.45) is 7.95. The lowest BCUT2D eigenvalue weighted by Crippen LogP contribution is -2.33. The molecule has 26 heavy (non-hydrogen) atoms. The minimum Gasteiger partial charge on any atom is -0.366 e. The van der Waals surface area contributed by atoms with Crippen LogP contribution in [0.2, 0.25) is 0 Å². The van der Waals surface area contributed by atoms with Crippen molar-refractivity contribution in [3.05, 3.63) is 60.2 Å². The summed E-state index contributed by atoms with van der Waals surface area (Å²) in [6.45, 7) is 6.05. The van der Waals surface area contributed by atoms with Crippen LogP contribution in [0, 0.1) is 11.8 Å². The Balaban J connectivity index is 1.76. The van der Waals surface area contributed by atoms with Crippen LogP contribution in [0.1, 0.15) is 44.7 Å². The van der Waals surface area contributed by atoms with E-state index in [0.29, 0.717) is 6.04 Å². The molecule has 0 aliphatic carbocycles. The van der Waals surface area contributed by atoms with Gasteiger partial charge in [-0.05, 0) is 55.6 Å². The smallest absolute Gasteiger partial charge is 0.123 e. The lowest BCUT2D eigenvalue weighted by atomic mass is 9.91. The van der Waals surface area contributed by atoms with E-state index in [1.54, 1.807) is 7.11 Å². The molecule has 1 fully saturated rings. The summed E-state index contributed by atoms with van der Waals surface area (Å²) in [5, 5.41) is 2.72. The van der Waals surface area contributed by atoms with Crippen LogP contribution in [0.3, 0.4) is 0 Å². The Morgan fingerprint density at radius 2 is 1.96 bits per heavy atom. The number of likely N-dealkylation sites (tertiary alicyclic amines) is 1. The minimum atomic E-state index is -0.388. The summed E-state index contributed by atoms with van der Waals surface area (Å²) in [6, 6.07) is 15.9. The van der Waals surface area contributed by atoms with E-state index < -0.39 is 0 Å². The number of piperidine rings is 1.